The molecule has 0 spiro atoms. The van der Waals surface area contributed by atoms with Crippen molar-refractivity contribution in [2.24, 2.45) is 0 Å². The molecule has 0 saturated carbocycles. The van der Waals surface area contributed by atoms with Crippen LogP contribution in [0.4, 0.5) is 14.5 Å². The third kappa shape index (κ3) is 2.65. The van der Waals surface area contributed by atoms with E-state index in [-0.39, 0.29) is 9.26 Å². The van der Waals surface area contributed by atoms with Crippen LogP contribution >= 0.6 is 22.6 Å². The average molecular weight is 358 g/mol. The van der Waals surface area contributed by atoms with Crippen LogP contribution in [0.3, 0.4) is 0 Å². The second-order valence-corrected chi connectivity index (χ2v) is 3.85. The first-order valence-corrected chi connectivity index (χ1v) is 5.17. The molecule has 0 fully saturated rings. The number of alkyl halides is 2. The highest BCUT2D eigenvalue weighted by Gasteiger charge is 2.30. The second kappa shape index (κ2) is 5.29. The van der Waals surface area contributed by atoms with Gasteiger partial charge in [-0.2, -0.15) is 0 Å². The molecule has 9 heteroatoms. The van der Waals surface area contributed by atoms with Gasteiger partial charge in [0, 0.05) is 6.20 Å². The van der Waals surface area contributed by atoms with Crippen LogP contribution in [0.2, 0.25) is 0 Å². The lowest BCUT2D eigenvalue weighted by Crippen LogP contribution is -2.11. The van der Waals surface area contributed by atoms with Crippen molar-refractivity contribution in [3.8, 4) is 0 Å². The summed E-state index contributed by atoms with van der Waals surface area (Å²) < 4.78 is 29.1. The maximum absolute atomic E-state index is 12.5. The van der Waals surface area contributed by atoms with Crippen LogP contribution in [0.15, 0.2) is 6.20 Å². The van der Waals surface area contributed by atoms with E-state index in [0.29, 0.717) is 6.20 Å². The van der Waals surface area contributed by atoms with Crippen LogP contribution in [0.5, 0.6) is 0 Å². The topological polar surface area (TPSA) is 82.3 Å². The van der Waals surface area contributed by atoms with E-state index in [1.54, 1.807) is 0 Å². The Balaban J connectivity index is 3.49. The van der Waals surface area contributed by atoms with Gasteiger partial charge in [0.2, 0.25) is 0 Å². The SMILES string of the molecule is COC(=O)c1ncc(C(F)F)c([N+](=O)[O-])c1I. The third-order valence-electron chi connectivity index (χ3n) is 1.82. The van der Waals surface area contributed by atoms with E-state index >= 15 is 0 Å². The van der Waals surface area contributed by atoms with Gasteiger partial charge in [0.15, 0.2) is 5.69 Å². The number of aromatic nitrogens is 1. The van der Waals surface area contributed by atoms with Crippen LogP contribution in [0.25, 0.3) is 0 Å². The lowest BCUT2D eigenvalue weighted by Gasteiger charge is -2.06. The average Bonchev–Trinajstić information content (AvgIpc) is 2.26. The molecular weight excluding hydrogens is 353 g/mol. The van der Waals surface area contributed by atoms with Gasteiger partial charge in [0.1, 0.15) is 9.13 Å². The fourth-order valence-electron chi connectivity index (χ4n) is 1.08. The Kier molecular flexibility index (Phi) is 4.26. The summed E-state index contributed by atoms with van der Waals surface area (Å²) in [5, 5.41) is 10.7. The molecule has 0 aliphatic carbocycles. The molecular formula is C8H5F2IN2O4. The summed E-state index contributed by atoms with van der Waals surface area (Å²) in [6.45, 7) is 0. The van der Waals surface area contributed by atoms with Gasteiger partial charge in [-0.15, -0.1) is 0 Å². The zero-order valence-corrected chi connectivity index (χ0v) is 10.5. The Morgan fingerprint density at radius 3 is 2.65 bits per heavy atom. The number of nitro groups is 1. The van der Waals surface area contributed by atoms with Crippen LogP contribution in [-0.4, -0.2) is 23.0 Å². The molecule has 0 aliphatic heterocycles. The van der Waals surface area contributed by atoms with E-state index in [1.807, 2.05) is 0 Å². The maximum Gasteiger partial charge on any atom is 0.358 e. The summed E-state index contributed by atoms with van der Waals surface area (Å²) in [6.07, 6.45) is -2.43. The molecule has 0 aromatic carbocycles. The highest BCUT2D eigenvalue weighted by atomic mass is 127. The molecule has 1 heterocycles. The summed E-state index contributed by atoms with van der Waals surface area (Å²) in [5.74, 6) is -0.918. The summed E-state index contributed by atoms with van der Waals surface area (Å²) in [5.41, 5.74) is -2.01. The van der Waals surface area contributed by atoms with Crippen molar-refractivity contribution in [3.63, 3.8) is 0 Å². The predicted molar refractivity (Wildman–Crippen MR) is 59.9 cm³/mol. The summed E-state index contributed by atoms with van der Waals surface area (Å²) in [6, 6.07) is 0. The zero-order chi connectivity index (χ0) is 13.2. The number of carbonyl (C=O) groups is 1. The number of esters is 1. The van der Waals surface area contributed by atoms with Gasteiger partial charge >= 0.3 is 5.97 Å². The largest absolute Gasteiger partial charge is 0.464 e. The second-order valence-electron chi connectivity index (χ2n) is 2.77. The van der Waals surface area contributed by atoms with Crippen molar-refractivity contribution in [2.45, 2.75) is 6.43 Å². The molecule has 1 aromatic heterocycles. The normalized spacial score (nSPS) is 10.4. The Bertz CT molecular complexity index is 481. The Hall–Kier alpha value is -1.39. The number of ether oxygens (including phenoxy) is 1. The van der Waals surface area contributed by atoms with E-state index in [0.717, 1.165) is 7.11 Å². The highest BCUT2D eigenvalue weighted by molar-refractivity contribution is 14.1. The van der Waals surface area contributed by atoms with Gasteiger partial charge < -0.3 is 4.74 Å². The highest BCUT2D eigenvalue weighted by Crippen LogP contribution is 2.33. The van der Waals surface area contributed by atoms with Crippen LogP contribution in [-0.2, 0) is 4.74 Å². The van der Waals surface area contributed by atoms with E-state index in [2.05, 4.69) is 9.72 Å². The molecule has 17 heavy (non-hydrogen) atoms. The van der Waals surface area contributed by atoms with Crippen molar-refractivity contribution in [1.82, 2.24) is 4.98 Å². The van der Waals surface area contributed by atoms with Crippen molar-refractivity contribution in [1.29, 1.82) is 0 Å². The van der Waals surface area contributed by atoms with Gasteiger partial charge in [-0.1, -0.05) is 0 Å². The van der Waals surface area contributed by atoms with E-state index in [4.69, 9.17) is 0 Å². The van der Waals surface area contributed by atoms with E-state index in [9.17, 15) is 23.7 Å². The molecule has 0 aliphatic rings. The summed E-state index contributed by atoms with van der Waals surface area (Å²) >= 11 is 1.42. The molecule has 0 radical (unpaired) electrons. The number of pyridine rings is 1. The number of methoxy groups -OCH3 is 1. The number of hydrogen-bond acceptors (Lipinski definition) is 5. The molecule has 0 saturated heterocycles. The molecule has 0 N–H and O–H groups in total. The molecule has 0 bridgehead atoms. The van der Waals surface area contributed by atoms with Crippen LogP contribution in [0, 0.1) is 13.7 Å². The molecule has 92 valence electrons. The Morgan fingerprint density at radius 2 is 2.24 bits per heavy atom. The number of nitrogens with zero attached hydrogens (tertiary/aromatic N) is 2. The van der Waals surface area contributed by atoms with Crippen molar-refractivity contribution in [2.75, 3.05) is 7.11 Å². The van der Waals surface area contributed by atoms with E-state index in [1.165, 1.54) is 22.6 Å². The van der Waals surface area contributed by atoms with Crippen molar-refractivity contribution < 1.29 is 23.2 Å². The van der Waals surface area contributed by atoms with Gasteiger partial charge in [-0.25, -0.2) is 18.6 Å². The third-order valence-corrected chi connectivity index (χ3v) is 2.84. The fraction of sp³-hybridized carbons (Fsp3) is 0.250. The first-order chi connectivity index (χ1) is 7.90. The van der Waals surface area contributed by atoms with Gasteiger partial charge in [-0.3, -0.25) is 10.1 Å². The predicted octanol–water partition coefficient (Wildman–Crippen LogP) is 2.32. The minimum Gasteiger partial charge on any atom is -0.464 e. The summed E-state index contributed by atoms with van der Waals surface area (Å²) in [7, 11) is 1.06. The molecule has 1 aromatic rings. The van der Waals surface area contributed by atoms with Crippen molar-refractivity contribution in [3.05, 3.63) is 31.1 Å². The molecule has 0 amide bonds. The fourth-order valence-corrected chi connectivity index (χ4v) is 1.94. The molecule has 1 rings (SSSR count). The molecule has 0 unspecified atom stereocenters. The number of rotatable bonds is 3. The Labute approximate surface area is 107 Å². The molecule has 0 atom stereocenters. The Morgan fingerprint density at radius 1 is 1.65 bits per heavy atom. The standard InChI is InChI=1S/C8H5F2IN2O4/c1-17-8(14)5-4(11)6(13(15)16)3(2-12-5)7(9)10/h2,7H,1H3. The zero-order valence-electron chi connectivity index (χ0n) is 8.32. The van der Waals surface area contributed by atoms with Crippen molar-refractivity contribution >= 4 is 34.2 Å². The smallest absolute Gasteiger partial charge is 0.358 e. The van der Waals surface area contributed by atoms with Gasteiger partial charge in [0.25, 0.3) is 12.1 Å². The van der Waals surface area contributed by atoms with E-state index < -0.39 is 28.6 Å². The lowest BCUT2D eigenvalue weighted by atomic mass is 10.2. The lowest BCUT2D eigenvalue weighted by molar-refractivity contribution is -0.387. The number of halogens is 3. The molecule has 6 nitrogen and oxygen atoms in total. The van der Waals surface area contributed by atoms with Crippen LogP contribution in [0.1, 0.15) is 22.5 Å². The quantitative estimate of drug-likeness (QED) is 0.359. The van der Waals surface area contributed by atoms with Gasteiger partial charge in [-0.05, 0) is 22.6 Å². The van der Waals surface area contributed by atoms with Gasteiger partial charge in [0.05, 0.1) is 12.0 Å². The monoisotopic (exact) mass is 358 g/mol. The van der Waals surface area contributed by atoms with Crippen LogP contribution < -0.4 is 0 Å². The number of carbonyl (C=O) groups excluding carboxylic acids is 1. The first-order valence-electron chi connectivity index (χ1n) is 4.09. The minimum absolute atomic E-state index is 0.266. The minimum atomic E-state index is -3.04. The number of hydrogen-bond donors (Lipinski definition) is 0. The first kappa shape index (κ1) is 13.7. The maximum atomic E-state index is 12.5. The summed E-state index contributed by atoms with van der Waals surface area (Å²) in [4.78, 5) is 24.4.